The van der Waals surface area contributed by atoms with Crippen molar-refractivity contribution in [2.75, 3.05) is 25.5 Å². The Morgan fingerprint density at radius 1 is 1.38 bits per heavy atom. The molecule has 5 heteroatoms. The highest BCUT2D eigenvalue weighted by Gasteiger charge is 2.22. The summed E-state index contributed by atoms with van der Waals surface area (Å²) < 4.78 is 1.87. The fraction of sp³-hybridized carbons (Fsp3) is 0.500. The first-order chi connectivity index (χ1) is 10.2. The molecule has 0 unspecified atom stereocenters. The molecule has 3 rings (SSSR count). The third kappa shape index (κ3) is 3.42. The number of anilines is 1. The molecular weight excluding hydrogens is 262 g/mol. The number of nitrogens with zero attached hydrogens (tertiary/aromatic N) is 4. The molecule has 1 N–H and O–H groups in total. The number of likely N-dealkylation sites (tertiary alicyclic amines) is 1. The Morgan fingerprint density at radius 3 is 3.05 bits per heavy atom. The van der Waals surface area contributed by atoms with E-state index in [0.29, 0.717) is 5.92 Å². The molecule has 3 heterocycles. The quantitative estimate of drug-likeness (QED) is 0.936. The van der Waals surface area contributed by atoms with E-state index >= 15 is 0 Å². The Bertz CT molecular complexity index is 592. The molecule has 0 aromatic carbocycles. The zero-order valence-electron chi connectivity index (χ0n) is 12.8. The van der Waals surface area contributed by atoms with E-state index in [1.165, 1.54) is 24.1 Å². The summed E-state index contributed by atoms with van der Waals surface area (Å²) in [5.41, 5.74) is 2.49. The lowest BCUT2D eigenvalue weighted by molar-refractivity contribution is 0.198. The van der Waals surface area contributed by atoms with Crippen LogP contribution in [0.2, 0.25) is 0 Å². The van der Waals surface area contributed by atoms with Crippen molar-refractivity contribution in [3.63, 3.8) is 0 Å². The first-order valence-corrected chi connectivity index (χ1v) is 7.59. The maximum Gasteiger partial charge on any atom is 0.125 e. The number of piperidine rings is 1. The predicted octanol–water partition coefficient (Wildman–Crippen LogP) is 2.24. The first kappa shape index (κ1) is 14.1. The maximum absolute atomic E-state index is 4.71. The highest BCUT2D eigenvalue weighted by atomic mass is 15.2. The minimum atomic E-state index is 0.531. The van der Waals surface area contributed by atoms with Crippen molar-refractivity contribution < 1.29 is 0 Å². The van der Waals surface area contributed by atoms with E-state index in [0.717, 1.165) is 25.5 Å². The summed E-state index contributed by atoms with van der Waals surface area (Å²) in [4.78, 5) is 7.22. The van der Waals surface area contributed by atoms with Gasteiger partial charge >= 0.3 is 0 Å². The molecule has 2 aromatic heterocycles. The third-order valence-electron chi connectivity index (χ3n) is 4.12. The van der Waals surface area contributed by atoms with Crippen LogP contribution in [0.3, 0.4) is 0 Å². The number of aryl methyl sites for hydroxylation is 1. The van der Waals surface area contributed by atoms with Gasteiger partial charge in [-0.05, 0) is 31.5 Å². The standard InChI is InChI=1S/C16H23N5/c1-17-16-7-3-6-15(19-16)14-5-4-8-21(12-14)11-13-9-18-20(2)10-13/h3,6-7,9-10,14H,4-5,8,11-12H2,1-2H3,(H,17,19)/t14-/m1/s1. The molecule has 112 valence electrons. The van der Waals surface area contributed by atoms with Crippen molar-refractivity contribution in [2.45, 2.75) is 25.3 Å². The monoisotopic (exact) mass is 285 g/mol. The third-order valence-corrected chi connectivity index (χ3v) is 4.12. The molecule has 2 aromatic rings. The van der Waals surface area contributed by atoms with Crippen LogP contribution < -0.4 is 5.32 Å². The van der Waals surface area contributed by atoms with Gasteiger partial charge in [-0.3, -0.25) is 9.58 Å². The predicted molar refractivity (Wildman–Crippen MR) is 84.2 cm³/mol. The Kier molecular flexibility index (Phi) is 4.20. The molecule has 1 aliphatic heterocycles. The van der Waals surface area contributed by atoms with Crippen LogP contribution >= 0.6 is 0 Å². The molecule has 0 radical (unpaired) electrons. The van der Waals surface area contributed by atoms with Crippen LogP contribution in [-0.2, 0) is 13.6 Å². The van der Waals surface area contributed by atoms with Crippen LogP contribution in [0, 0.1) is 0 Å². The fourth-order valence-corrected chi connectivity index (χ4v) is 3.07. The van der Waals surface area contributed by atoms with Gasteiger partial charge in [0.2, 0.25) is 0 Å². The summed E-state index contributed by atoms with van der Waals surface area (Å²) in [6.45, 7) is 3.22. The van der Waals surface area contributed by atoms with Gasteiger partial charge in [0.25, 0.3) is 0 Å². The second kappa shape index (κ2) is 6.26. The molecule has 1 saturated heterocycles. The molecule has 0 bridgehead atoms. The van der Waals surface area contributed by atoms with Gasteiger partial charge in [0.05, 0.1) is 6.20 Å². The van der Waals surface area contributed by atoms with Crippen molar-refractivity contribution in [3.05, 3.63) is 41.9 Å². The lowest BCUT2D eigenvalue weighted by Gasteiger charge is -2.32. The zero-order chi connectivity index (χ0) is 14.7. The Labute approximate surface area is 126 Å². The van der Waals surface area contributed by atoms with E-state index < -0.39 is 0 Å². The number of aromatic nitrogens is 3. The van der Waals surface area contributed by atoms with Crippen molar-refractivity contribution in [1.82, 2.24) is 19.7 Å². The Morgan fingerprint density at radius 2 is 2.29 bits per heavy atom. The number of rotatable bonds is 4. The topological polar surface area (TPSA) is 46.0 Å². The SMILES string of the molecule is CNc1cccc([C@@H]2CCCN(Cc3cnn(C)c3)C2)n1. The highest BCUT2D eigenvalue weighted by molar-refractivity contribution is 5.35. The van der Waals surface area contributed by atoms with Crippen molar-refractivity contribution in [3.8, 4) is 0 Å². The number of nitrogens with one attached hydrogen (secondary N) is 1. The van der Waals surface area contributed by atoms with Crippen LogP contribution in [0.25, 0.3) is 0 Å². The van der Waals surface area contributed by atoms with Gasteiger partial charge in [-0.15, -0.1) is 0 Å². The molecule has 0 amide bonds. The van der Waals surface area contributed by atoms with Crippen LogP contribution in [0.1, 0.15) is 30.0 Å². The average molecular weight is 285 g/mol. The average Bonchev–Trinajstić information content (AvgIpc) is 2.93. The molecule has 5 nitrogen and oxygen atoms in total. The summed E-state index contributed by atoms with van der Waals surface area (Å²) in [6.07, 6.45) is 6.52. The molecular formula is C16H23N5. The summed E-state index contributed by atoms with van der Waals surface area (Å²) in [5, 5.41) is 7.38. The van der Waals surface area contributed by atoms with Crippen LogP contribution in [0.4, 0.5) is 5.82 Å². The summed E-state index contributed by atoms with van der Waals surface area (Å²) in [5.74, 6) is 1.49. The largest absolute Gasteiger partial charge is 0.373 e. The Balaban J connectivity index is 1.67. The molecule has 1 atom stereocenters. The van der Waals surface area contributed by atoms with E-state index in [4.69, 9.17) is 4.98 Å². The van der Waals surface area contributed by atoms with Gasteiger partial charge in [0.15, 0.2) is 0 Å². The van der Waals surface area contributed by atoms with Gasteiger partial charge < -0.3 is 5.32 Å². The zero-order valence-corrected chi connectivity index (χ0v) is 12.8. The van der Waals surface area contributed by atoms with Crippen molar-refractivity contribution >= 4 is 5.82 Å². The van der Waals surface area contributed by atoms with E-state index in [2.05, 4.69) is 33.6 Å². The highest BCUT2D eigenvalue weighted by Crippen LogP contribution is 2.27. The smallest absolute Gasteiger partial charge is 0.125 e. The molecule has 0 saturated carbocycles. The lowest BCUT2D eigenvalue weighted by Crippen LogP contribution is -2.34. The molecule has 1 aliphatic rings. The van der Waals surface area contributed by atoms with Gasteiger partial charge in [-0.1, -0.05) is 6.07 Å². The van der Waals surface area contributed by atoms with Crippen LogP contribution in [-0.4, -0.2) is 39.8 Å². The summed E-state index contributed by atoms with van der Waals surface area (Å²) in [7, 11) is 3.89. The van der Waals surface area contributed by atoms with Crippen LogP contribution in [0.15, 0.2) is 30.6 Å². The van der Waals surface area contributed by atoms with E-state index in [9.17, 15) is 0 Å². The second-order valence-electron chi connectivity index (χ2n) is 5.79. The molecule has 1 fully saturated rings. The summed E-state index contributed by atoms with van der Waals surface area (Å²) in [6, 6.07) is 6.26. The number of hydrogen-bond acceptors (Lipinski definition) is 4. The maximum atomic E-state index is 4.71. The van der Waals surface area contributed by atoms with E-state index in [1.807, 2.05) is 31.0 Å². The molecule has 21 heavy (non-hydrogen) atoms. The molecule has 0 aliphatic carbocycles. The Hall–Kier alpha value is -1.88. The van der Waals surface area contributed by atoms with Gasteiger partial charge in [-0.25, -0.2) is 4.98 Å². The van der Waals surface area contributed by atoms with E-state index in [-0.39, 0.29) is 0 Å². The fourth-order valence-electron chi connectivity index (χ4n) is 3.07. The minimum Gasteiger partial charge on any atom is -0.373 e. The number of hydrogen-bond donors (Lipinski definition) is 1. The minimum absolute atomic E-state index is 0.531. The lowest BCUT2D eigenvalue weighted by atomic mass is 9.94. The second-order valence-corrected chi connectivity index (χ2v) is 5.79. The molecule has 0 spiro atoms. The van der Waals surface area contributed by atoms with Gasteiger partial charge in [0, 0.05) is 50.6 Å². The number of pyridine rings is 1. The normalized spacial score (nSPS) is 19.6. The van der Waals surface area contributed by atoms with Gasteiger partial charge in [-0.2, -0.15) is 5.10 Å². The summed E-state index contributed by atoms with van der Waals surface area (Å²) >= 11 is 0. The van der Waals surface area contributed by atoms with E-state index in [1.54, 1.807) is 0 Å². The van der Waals surface area contributed by atoms with Crippen molar-refractivity contribution in [2.24, 2.45) is 7.05 Å². The van der Waals surface area contributed by atoms with Gasteiger partial charge in [0.1, 0.15) is 5.82 Å². The first-order valence-electron chi connectivity index (χ1n) is 7.59. The van der Waals surface area contributed by atoms with Crippen LogP contribution in [0.5, 0.6) is 0 Å². The van der Waals surface area contributed by atoms with Crippen molar-refractivity contribution in [1.29, 1.82) is 0 Å².